The van der Waals surface area contributed by atoms with Gasteiger partial charge < -0.3 is 13.7 Å². The minimum atomic E-state index is -0.412. The molecule has 6 heteroatoms. The van der Waals surface area contributed by atoms with Gasteiger partial charge in [0.05, 0.1) is 5.39 Å². The highest BCUT2D eigenvalue weighted by Crippen LogP contribution is 2.34. The standard InChI is InChI=1S/C12H11IO4S/c1-2-3-7-4-11(15)16-10-6-8(17-18-13)5-9(14)12(7)10/h4-6,14H,2-3H2,1H3. The lowest BCUT2D eigenvalue weighted by Crippen LogP contribution is -2.00. The molecule has 0 radical (unpaired) electrons. The minimum Gasteiger partial charge on any atom is -0.507 e. The van der Waals surface area contributed by atoms with E-state index in [4.69, 9.17) is 8.60 Å². The molecule has 2 rings (SSSR count). The van der Waals surface area contributed by atoms with Gasteiger partial charge in [0, 0.05) is 39.4 Å². The van der Waals surface area contributed by atoms with Gasteiger partial charge in [-0.25, -0.2) is 4.79 Å². The molecule has 0 spiro atoms. The average Bonchev–Trinajstić information content (AvgIpc) is 2.28. The SMILES string of the molecule is CCCc1cc(=O)oc2cc(OSI)cc(O)c12. The van der Waals surface area contributed by atoms with E-state index in [1.165, 1.54) is 12.1 Å². The topological polar surface area (TPSA) is 59.7 Å². The molecule has 0 aliphatic heterocycles. The van der Waals surface area contributed by atoms with Crippen molar-refractivity contribution < 1.29 is 13.7 Å². The molecule has 1 aromatic carbocycles. The van der Waals surface area contributed by atoms with Crippen molar-refractivity contribution in [2.24, 2.45) is 0 Å². The second kappa shape index (κ2) is 5.83. The third-order valence-corrected chi connectivity index (χ3v) is 3.32. The number of benzene rings is 1. The van der Waals surface area contributed by atoms with Crippen LogP contribution in [0.5, 0.6) is 11.5 Å². The van der Waals surface area contributed by atoms with Crippen molar-refractivity contribution in [3.05, 3.63) is 34.2 Å². The van der Waals surface area contributed by atoms with Gasteiger partial charge in [0.15, 0.2) is 0 Å². The summed E-state index contributed by atoms with van der Waals surface area (Å²) >= 11 is 1.97. The van der Waals surface area contributed by atoms with Crippen molar-refractivity contribution in [3.8, 4) is 11.5 Å². The number of hydrogen-bond acceptors (Lipinski definition) is 5. The van der Waals surface area contributed by atoms with E-state index in [0.717, 1.165) is 27.6 Å². The zero-order valence-electron chi connectivity index (χ0n) is 9.60. The molecule has 18 heavy (non-hydrogen) atoms. The van der Waals surface area contributed by atoms with Crippen molar-refractivity contribution in [1.29, 1.82) is 0 Å². The van der Waals surface area contributed by atoms with Gasteiger partial charge in [-0.05, 0) is 12.0 Å². The van der Waals surface area contributed by atoms with Crippen LogP contribution in [-0.4, -0.2) is 5.11 Å². The quantitative estimate of drug-likeness (QED) is 0.498. The number of aryl methyl sites for hydroxylation is 1. The van der Waals surface area contributed by atoms with Gasteiger partial charge in [-0.3, -0.25) is 0 Å². The molecule has 0 unspecified atom stereocenters. The van der Waals surface area contributed by atoms with Crippen molar-refractivity contribution in [2.75, 3.05) is 0 Å². The zero-order chi connectivity index (χ0) is 13.1. The van der Waals surface area contributed by atoms with E-state index in [-0.39, 0.29) is 5.75 Å². The number of fused-ring (bicyclic) bond motifs is 1. The van der Waals surface area contributed by atoms with E-state index in [1.807, 2.05) is 28.1 Å². The molecule has 2 aromatic rings. The van der Waals surface area contributed by atoms with Crippen LogP contribution in [0.25, 0.3) is 11.0 Å². The first-order valence-corrected chi connectivity index (χ1v) is 8.69. The smallest absolute Gasteiger partial charge is 0.336 e. The third kappa shape index (κ3) is 2.74. The molecular formula is C12H11IO4S. The van der Waals surface area contributed by atoms with E-state index >= 15 is 0 Å². The number of hydrogen-bond donors (Lipinski definition) is 1. The largest absolute Gasteiger partial charge is 0.507 e. The summed E-state index contributed by atoms with van der Waals surface area (Å²) < 4.78 is 10.3. The first-order chi connectivity index (χ1) is 8.65. The number of halogens is 1. The fourth-order valence-corrected chi connectivity index (χ4v) is 2.67. The van der Waals surface area contributed by atoms with Gasteiger partial charge in [0.1, 0.15) is 26.3 Å². The number of rotatable bonds is 4. The van der Waals surface area contributed by atoms with Crippen LogP contribution in [0.4, 0.5) is 0 Å². The van der Waals surface area contributed by atoms with E-state index in [1.54, 1.807) is 6.07 Å². The first-order valence-electron chi connectivity index (χ1n) is 5.40. The van der Waals surface area contributed by atoms with Gasteiger partial charge in [-0.1, -0.05) is 13.3 Å². The second-order valence-corrected chi connectivity index (χ2v) is 5.17. The molecule has 1 N–H and O–H groups in total. The summed E-state index contributed by atoms with van der Waals surface area (Å²) in [7, 11) is 1.13. The molecule has 96 valence electrons. The lowest BCUT2D eigenvalue weighted by molar-refractivity contribution is 0.475. The Labute approximate surface area is 120 Å². The first kappa shape index (κ1) is 13.5. The Balaban J connectivity index is 2.69. The van der Waals surface area contributed by atoms with E-state index < -0.39 is 5.63 Å². The highest BCUT2D eigenvalue weighted by atomic mass is 127. The summed E-state index contributed by atoms with van der Waals surface area (Å²) in [5.41, 5.74) is 0.742. The van der Waals surface area contributed by atoms with Crippen LogP contribution in [0.3, 0.4) is 0 Å². The van der Waals surface area contributed by atoms with Crippen molar-refractivity contribution >= 4 is 41.4 Å². The summed E-state index contributed by atoms with van der Waals surface area (Å²) in [6.07, 6.45) is 1.61. The maximum Gasteiger partial charge on any atom is 0.336 e. The number of phenols is 1. The summed E-state index contributed by atoms with van der Waals surface area (Å²) in [6.45, 7) is 2.02. The lowest BCUT2D eigenvalue weighted by atomic mass is 10.0. The minimum absolute atomic E-state index is 0.0696. The average molecular weight is 378 g/mol. The third-order valence-electron chi connectivity index (χ3n) is 2.53. The lowest BCUT2D eigenvalue weighted by Gasteiger charge is -2.08. The van der Waals surface area contributed by atoms with E-state index in [0.29, 0.717) is 16.7 Å². The predicted octanol–water partition coefficient (Wildman–Crippen LogP) is 3.83. The van der Waals surface area contributed by atoms with Crippen molar-refractivity contribution in [3.63, 3.8) is 0 Å². The molecule has 0 bridgehead atoms. The second-order valence-electron chi connectivity index (χ2n) is 3.80. The summed E-state index contributed by atoms with van der Waals surface area (Å²) in [5.74, 6) is 0.524. The number of phenolic OH excluding ortho intramolecular Hbond substituents is 1. The van der Waals surface area contributed by atoms with Gasteiger partial charge >= 0.3 is 5.63 Å². The maximum atomic E-state index is 11.5. The molecule has 1 heterocycles. The molecule has 0 atom stereocenters. The van der Waals surface area contributed by atoms with Crippen molar-refractivity contribution in [2.45, 2.75) is 19.8 Å². The molecule has 4 nitrogen and oxygen atoms in total. The van der Waals surface area contributed by atoms with Crippen LogP contribution in [0, 0.1) is 0 Å². The molecule has 0 amide bonds. The van der Waals surface area contributed by atoms with Crippen LogP contribution in [0.1, 0.15) is 18.9 Å². The fourth-order valence-electron chi connectivity index (χ4n) is 1.88. The molecular weight excluding hydrogens is 367 g/mol. The zero-order valence-corrected chi connectivity index (χ0v) is 12.6. The molecule has 0 saturated carbocycles. The molecule has 0 saturated heterocycles. The van der Waals surface area contributed by atoms with Crippen LogP contribution in [0.2, 0.25) is 0 Å². The molecule has 0 fully saturated rings. The Hall–Kier alpha value is -0.890. The summed E-state index contributed by atoms with van der Waals surface area (Å²) in [4.78, 5) is 11.5. The van der Waals surface area contributed by atoms with E-state index in [2.05, 4.69) is 0 Å². The van der Waals surface area contributed by atoms with Gasteiger partial charge in [-0.15, -0.1) is 0 Å². The fraction of sp³-hybridized carbons (Fsp3) is 0.250. The van der Waals surface area contributed by atoms with Crippen LogP contribution in [-0.2, 0) is 6.42 Å². The van der Waals surface area contributed by atoms with Gasteiger partial charge in [0.2, 0.25) is 0 Å². The molecule has 0 aliphatic carbocycles. The molecule has 1 aromatic heterocycles. The van der Waals surface area contributed by atoms with E-state index in [9.17, 15) is 9.90 Å². The Morgan fingerprint density at radius 2 is 2.22 bits per heavy atom. The normalized spacial score (nSPS) is 10.8. The van der Waals surface area contributed by atoms with Crippen LogP contribution >= 0.6 is 30.4 Å². The Morgan fingerprint density at radius 3 is 2.89 bits per heavy atom. The Morgan fingerprint density at radius 1 is 1.44 bits per heavy atom. The summed E-state index contributed by atoms with van der Waals surface area (Å²) in [6, 6.07) is 4.56. The van der Waals surface area contributed by atoms with Crippen molar-refractivity contribution in [1.82, 2.24) is 0 Å². The maximum absolute atomic E-state index is 11.5. The van der Waals surface area contributed by atoms with Crippen LogP contribution in [0.15, 0.2) is 27.4 Å². The summed E-state index contributed by atoms with van der Waals surface area (Å²) in [5, 5.41) is 10.6. The Kier molecular flexibility index (Phi) is 4.39. The predicted molar refractivity (Wildman–Crippen MR) is 80.4 cm³/mol. The Bertz CT molecular complexity index is 623. The monoisotopic (exact) mass is 378 g/mol. The van der Waals surface area contributed by atoms with Gasteiger partial charge in [-0.2, -0.15) is 0 Å². The van der Waals surface area contributed by atoms with Crippen LogP contribution < -0.4 is 9.81 Å². The number of aromatic hydroxyl groups is 1. The highest BCUT2D eigenvalue weighted by Gasteiger charge is 2.12. The van der Waals surface area contributed by atoms with Gasteiger partial charge in [0.25, 0.3) is 0 Å². The highest BCUT2D eigenvalue weighted by molar-refractivity contribution is 14.2. The molecule has 0 aliphatic rings.